The number of ether oxygens (including phenoxy) is 3. The second-order valence-electron chi connectivity index (χ2n) is 8.02. The molecule has 0 atom stereocenters. The van der Waals surface area contributed by atoms with Crippen LogP contribution in [-0.4, -0.2) is 57.2 Å². The Morgan fingerprint density at radius 3 is 2.42 bits per heavy atom. The van der Waals surface area contributed by atoms with Gasteiger partial charge in [-0.2, -0.15) is 0 Å². The van der Waals surface area contributed by atoms with Gasteiger partial charge in [-0.3, -0.25) is 14.5 Å². The molecular weight excluding hydrogens is 446 g/mol. The van der Waals surface area contributed by atoms with Gasteiger partial charge in [0, 0.05) is 18.7 Å². The van der Waals surface area contributed by atoms with Crippen molar-refractivity contribution in [2.45, 2.75) is 19.4 Å². The fourth-order valence-corrected chi connectivity index (χ4v) is 4.08. The van der Waals surface area contributed by atoms with Gasteiger partial charge in [0.15, 0.2) is 18.1 Å². The quantitative estimate of drug-likeness (QED) is 0.547. The molecule has 2 aromatic rings. The van der Waals surface area contributed by atoms with Crippen molar-refractivity contribution in [2.24, 2.45) is 11.7 Å². The van der Waals surface area contributed by atoms with Crippen LogP contribution < -0.4 is 25.3 Å². The second kappa shape index (κ2) is 11.8. The second-order valence-corrected chi connectivity index (χ2v) is 8.43. The summed E-state index contributed by atoms with van der Waals surface area (Å²) >= 11 is 6.24. The first-order valence-electron chi connectivity index (χ1n) is 10.8. The summed E-state index contributed by atoms with van der Waals surface area (Å²) in [7, 11) is 3.10. The van der Waals surface area contributed by atoms with Crippen LogP contribution in [0.2, 0.25) is 5.02 Å². The molecule has 0 saturated carbocycles. The van der Waals surface area contributed by atoms with Crippen molar-refractivity contribution in [3.8, 4) is 17.2 Å². The van der Waals surface area contributed by atoms with Gasteiger partial charge in [-0.1, -0.05) is 23.7 Å². The van der Waals surface area contributed by atoms with E-state index in [1.54, 1.807) is 7.11 Å². The number of halogens is 1. The lowest BCUT2D eigenvalue weighted by molar-refractivity contribution is -0.119. The summed E-state index contributed by atoms with van der Waals surface area (Å²) in [6, 6.07) is 11.2. The van der Waals surface area contributed by atoms with Crippen LogP contribution in [0.3, 0.4) is 0 Å². The van der Waals surface area contributed by atoms with Crippen molar-refractivity contribution in [1.29, 1.82) is 0 Å². The number of amides is 2. The molecule has 1 aliphatic heterocycles. The minimum absolute atomic E-state index is 0.174. The van der Waals surface area contributed by atoms with Crippen molar-refractivity contribution >= 4 is 23.4 Å². The van der Waals surface area contributed by atoms with E-state index in [1.165, 1.54) is 24.8 Å². The van der Waals surface area contributed by atoms with Gasteiger partial charge < -0.3 is 25.3 Å². The predicted molar refractivity (Wildman–Crippen MR) is 126 cm³/mol. The Hall–Kier alpha value is -2.97. The highest BCUT2D eigenvalue weighted by Gasteiger charge is 2.21. The molecule has 1 saturated heterocycles. The Kier molecular flexibility index (Phi) is 8.79. The van der Waals surface area contributed by atoms with E-state index in [0.29, 0.717) is 18.0 Å². The fourth-order valence-electron chi connectivity index (χ4n) is 3.81. The van der Waals surface area contributed by atoms with Gasteiger partial charge >= 0.3 is 0 Å². The Morgan fingerprint density at radius 2 is 1.82 bits per heavy atom. The lowest BCUT2D eigenvalue weighted by atomic mass is 9.96. The summed E-state index contributed by atoms with van der Waals surface area (Å²) in [6.07, 6.45) is 2.03. The van der Waals surface area contributed by atoms with Crippen LogP contribution in [-0.2, 0) is 11.3 Å². The highest BCUT2D eigenvalue weighted by Crippen LogP contribution is 2.36. The number of likely N-dealkylation sites (tertiary alicyclic amines) is 1. The molecule has 178 valence electrons. The lowest BCUT2D eigenvalue weighted by Crippen LogP contribution is -2.38. The number of nitrogens with zero attached hydrogens (tertiary/aromatic N) is 1. The monoisotopic (exact) mass is 475 g/mol. The molecule has 0 aliphatic carbocycles. The van der Waals surface area contributed by atoms with Gasteiger partial charge in [-0.15, -0.1) is 0 Å². The third-order valence-electron chi connectivity index (χ3n) is 5.67. The van der Waals surface area contributed by atoms with Gasteiger partial charge in [0.1, 0.15) is 5.75 Å². The van der Waals surface area contributed by atoms with Gasteiger partial charge in [-0.05, 0) is 61.7 Å². The van der Waals surface area contributed by atoms with E-state index in [4.69, 9.17) is 31.5 Å². The van der Waals surface area contributed by atoms with Crippen LogP contribution in [0, 0.1) is 5.92 Å². The zero-order chi connectivity index (χ0) is 23.8. The Labute approximate surface area is 198 Å². The van der Waals surface area contributed by atoms with E-state index in [9.17, 15) is 9.59 Å². The normalized spacial score (nSPS) is 14.5. The topological polar surface area (TPSA) is 103 Å². The molecule has 1 fully saturated rings. The maximum atomic E-state index is 12.7. The van der Waals surface area contributed by atoms with Gasteiger partial charge in [0.25, 0.3) is 11.8 Å². The van der Waals surface area contributed by atoms with Crippen molar-refractivity contribution < 1.29 is 23.8 Å². The maximum absolute atomic E-state index is 12.7. The number of nitrogens with one attached hydrogen (secondary N) is 1. The minimum Gasteiger partial charge on any atom is -0.497 e. The van der Waals surface area contributed by atoms with Gasteiger partial charge in [0.2, 0.25) is 0 Å². The molecule has 2 amide bonds. The number of primary amides is 1. The van der Waals surface area contributed by atoms with Crippen LogP contribution in [0.4, 0.5) is 0 Å². The van der Waals surface area contributed by atoms with Crippen molar-refractivity contribution in [3.05, 3.63) is 52.5 Å². The molecule has 8 nitrogen and oxygen atoms in total. The molecule has 0 spiro atoms. The summed E-state index contributed by atoms with van der Waals surface area (Å²) in [5.74, 6) is 0.846. The number of hydrogen-bond donors (Lipinski definition) is 2. The third kappa shape index (κ3) is 7.00. The summed E-state index contributed by atoms with van der Waals surface area (Å²) < 4.78 is 15.8. The van der Waals surface area contributed by atoms with Crippen LogP contribution in [0.25, 0.3) is 0 Å². The zero-order valence-corrected chi connectivity index (χ0v) is 19.7. The highest BCUT2D eigenvalue weighted by molar-refractivity contribution is 6.32. The molecule has 3 rings (SSSR count). The van der Waals surface area contributed by atoms with E-state index in [2.05, 4.69) is 22.3 Å². The van der Waals surface area contributed by atoms with Crippen LogP contribution in [0.5, 0.6) is 17.2 Å². The Morgan fingerprint density at radius 1 is 1.12 bits per heavy atom. The summed E-state index contributed by atoms with van der Waals surface area (Å²) in [5.41, 5.74) is 6.73. The first-order chi connectivity index (χ1) is 15.9. The van der Waals surface area contributed by atoms with Crippen LogP contribution in [0.1, 0.15) is 28.8 Å². The average molecular weight is 476 g/mol. The number of carbonyl (C=O) groups is 2. The van der Waals surface area contributed by atoms with E-state index >= 15 is 0 Å². The first-order valence-corrected chi connectivity index (χ1v) is 11.2. The zero-order valence-electron chi connectivity index (χ0n) is 18.9. The van der Waals surface area contributed by atoms with E-state index < -0.39 is 5.91 Å². The maximum Gasteiger partial charge on any atom is 0.255 e. The first kappa shape index (κ1) is 24.7. The summed E-state index contributed by atoms with van der Waals surface area (Å²) in [6.45, 7) is 3.13. The number of piperidine rings is 1. The van der Waals surface area contributed by atoms with Crippen molar-refractivity contribution in [3.63, 3.8) is 0 Å². The van der Waals surface area contributed by atoms with Crippen molar-refractivity contribution in [2.75, 3.05) is 40.5 Å². The molecule has 1 heterocycles. The number of carbonyl (C=O) groups excluding carboxylic acids is 2. The molecular formula is C24H30ClN3O5. The molecule has 3 N–H and O–H groups in total. The third-order valence-corrected chi connectivity index (χ3v) is 5.95. The predicted octanol–water partition coefficient (Wildman–Crippen LogP) is 2.86. The molecule has 0 unspecified atom stereocenters. The van der Waals surface area contributed by atoms with E-state index in [0.717, 1.165) is 38.2 Å². The largest absolute Gasteiger partial charge is 0.497 e. The number of benzene rings is 2. The fraction of sp³-hybridized carbons (Fsp3) is 0.417. The Bertz CT molecular complexity index is 959. The number of methoxy groups -OCH3 is 2. The van der Waals surface area contributed by atoms with Crippen LogP contribution in [0.15, 0.2) is 36.4 Å². The molecule has 9 heteroatoms. The average Bonchev–Trinajstić information content (AvgIpc) is 2.82. The van der Waals surface area contributed by atoms with E-state index in [-0.39, 0.29) is 29.0 Å². The van der Waals surface area contributed by atoms with Gasteiger partial charge in [0.05, 0.1) is 19.2 Å². The minimum atomic E-state index is -0.634. The highest BCUT2D eigenvalue weighted by atomic mass is 35.5. The standard InChI is InChI=1S/C24H30ClN3O5/c1-31-19-5-3-17(4-6-19)14-28-9-7-16(8-10-28)13-27-24(30)18-11-20(25)23(21(12-18)32-2)33-15-22(26)29/h3-6,11-12,16H,7-10,13-15H2,1-2H3,(H2,26,29)(H,27,30). The molecule has 2 aromatic carbocycles. The lowest BCUT2D eigenvalue weighted by Gasteiger charge is -2.32. The summed E-state index contributed by atoms with van der Waals surface area (Å²) in [4.78, 5) is 26.1. The molecule has 0 radical (unpaired) electrons. The SMILES string of the molecule is COc1ccc(CN2CCC(CNC(=O)c3cc(Cl)c(OCC(N)=O)c(OC)c3)CC2)cc1. The molecule has 1 aliphatic rings. The molecule has 33 heavy (non-hydrogen) atoms. The Balaban J connectivity index is 1.48. The van der Waals surface area contributed by atoms with Crippen LogP contribution >= 0.6 is 11.6 Å². The number of nitrogens with two attached hydrogens (primary N) is 1. The number of rotatable bonds is 10. The smallest absolute Gasteiger partial charge is 0.255 e. The molecule has 0 aromatic heterocycles. The van der Waals surface area contributed by atoms with E-state index in [1.807, 2.05) is 12.1 Å². The molecule has 0 bridgehead atoms. The summed E-state index contributed by atoms with van der Waals surface area (Å²) in [5, 5.41) is 3.17. The van der Waals surface area contributed by atoms with Crippen molar-refractivity contribution in [1.82, 2.24) is 10.2 Å². The number of hydrogen-bond acceptors (Lipinski definition) is 6. The van der Waals surface area contributed by atoms with Gasteiger partial charge in [-0.25, -0.2) is 0 Å².